The molecule has 1 amide bonds. The Morgan fingerprint density at radius 3 is 2.44 bits per heavy atom. The molecule has 0 bridgehead atoms. The van der Waals surface area contributed by atoms with Crippen molar-refractivity contribution in [2.45, 2.75) is 71.3 Å². The summed E-state index contributed by atoms with van der Waals surface area (Å²) in [7, 11) is 0. The third-order valence-electron chi connectivity index (χ3n) is 3.98. The van der Waals surface area contributed by atoms with E-state index in [9.17, 15) is 4.79 Å². The molecular weight excluding hydrogens is 222 g/mol. The van der Waals surface area contributed by atoms with E-state index in [4.69, 9.17) is 6.42 Å². The van der Waals surface area contributed by atoms with E-state index in [2.05, 4.69) is 18.2 Å². The molecule has 18 heavy (non-hydrogen) atoms. The molecule has 0 spiro atoms. The lowest BCUT2D eigenvalue weighted by atomic mass is 9.79. The van der Waals surface area contributed by atoms with Gasteiger partial charge in [-0.25, -0.2) is 0 Å². The minimum atomic E-state index is -0.518. The Balaban J connectivity index is 2.34. The van der Waals surface area contributed by atoms with Crippen LogP contribution in [0, 0.1) is 24.2 Å². The van der Waals surface area contributed by atoms with E-state index < -0.39 is 5.54 Å². The second-order valence-electron chi connectivity index (χ2n) is 6.12. The zero-order valence-electron chi connectivity index (χ0n) is 12.1. The molecule has 1 aliphatic rings. The minimum absolute atomic E-state index is 0.145. The van der Waals surface area contributed by atoms with Gasteiger partial charge in [-0.05, 0) is 45.4 Å². The van der Waals surface area contributed by atoms with Gasteiger partial charge in [0, 0.05) is 5.92 Å². The Kier molecular flexibility index (Phi) is 5.72. The molecule has 1 saturated carbocycles. The molecule has 2 nitrogen and oxygen atoms in total. The number of hydrogen-bond acceptors (Lipinski definition) is 1. The van der Waals surface area contributed by atoms with Crippen LogP contribution in [-0.2, 0) is 4.79 Å². The molecule has 0 aromatic heterocycles. The molecule has 102 valence electrons. The molecule has 1 N–H and O–H groups in total. The SMILES string of the molecule is C#CC(C)(C)NC(=O)C1CCC(CCCC)CC1. The summed E-state index contributed by atoms with van der Waals surface area (Å²) < 4.78 is 0. The van der Waals surface area contributed by atoms with Crippen molar-refractivity contribution in [3.05, 3.63) is 0 Å². The molecule has 1 rings (SSSR count). The first kappa shape index (κ1) is 15.1. The van der Waals surface area contributed by atoms with Gasteiger partial charge >= 0.3 is 0 Å². The van der Waals surface area contributed by atoms with Crippen LogP contribution in [0.4, 0.5) is 0 Å². The average Bonchev–Trinajstić information content (AvgIpc) is 2.36. The van der Waals surface area contributed by atoms with Crippen LogP contribution in [0.25, 0.3) is 0 Å². The summed E-state index contributed by atoms with van der Waals surface area (Å²) in [5.74, 6) is 3.78. The van der Waals surface area contributed by atoms with Crippen molar-refractivity contribution in [1.29, 1.82) is 0 Å². The van der Waals surface area contributed by atoms with Gasteiger partial charge in [0.25, 0.3) is 0 Å². The lowest BCUT2D eigenvalue weighted by Gasteiger charge is -2.30. The van der Waals surface area contributed by atoms with Gasteiger partial charge in [0.1, 0.15) is 0 Å². The average molecular weight is 249 g/mol. The highest BCUT2D eigenvalue weighted by molar-refractivity contribution is 5.79. The van der Waals surface area contributed by atoms with Gasteiger partial charge in [0.05, 0.1) is 5.54 Å². The fourth-order valence-electron chi connectivity index (χ4n) is 2.65. The molecule has 0 aromatic rings. The predicted molar refractivity (Wildman–Crippen MR) is 76.0 cm³/mol. The molecule has 1 aliphatic carbocycles. The number of carbonyl (C=O) groups excluding carboxylic acids is 1. The molecule has 2 heteroatoms. The van der Waals surface area contributed by atoms with E-state index in [1.165, 1.54) is 32.1 Å². The van der Waals surface area contributed by atoms with Crippen molar-refractivity contribution >= 4 is 5.91 Å². The van der Waals surface area contributed by atoms with Crippen LogP contribution in [0.3, 0.4) is 0 Å². The summed E-state index contributed by atoms with van der Waals surface area (Å²) in [5.41, 5.74) is -0.518. The van der Waals surface area contributed by atoms with Crippen molar-refractivity contribution in [1.82, 2.24) is 5.32 Å². The number of amides is 1. The molecule has 0 saturated heterocycles. The van der Waals surface area contributed by atoms with Gasteiger partial charge in [0.2, 0.25) is 5.91 Å². The van der Waals surface area contributed by atoms with Crippen molar-refractivity contribution in [2.75, 3.05) is 0 Å². The van der Waals surface area contributed by atoms with Gasteiger partial charge in [-0.2, -0.15) is 0 Å². The van der Waals surface area contributed by atoms with E-state index in [1.807, 2.05) is 13.8 Å². The lowest BCUT2D eigenvalue weighted by Crippen LogP contribution is -2.45. The summed E-state index contributed by atoms with van der Waals surface area (Å²) in [4.78, 5) is 12.1. The van der Waals surface area contributed by atoms with Crippen LogP contribution >= 0.6 is 0 Å². The maximum absolute atomic E-state index is 12.1. The minimum Gasteiger partial charge on any atom is -0.340 e. The summed E-state index contributed by atoms with van der Waals surface area (Å²) in [6.45, 7) is 5.98. The largest absolute Gasteiger partial charge is 0.340 e. The van der Waals surface area contributed by atoms with Crippen LogP contribution in [0.15, 0.2) is 0 Å². The first-order valence-corrected chi connectivity index (χ1v) is 7.28. The zero-order chi connectivity index (χ0) is 13.6. The van der Waals surface area contributed by atoms with Crippen LogP contribution in [-0.4, -0.2) is 11.4 Å². The predicted octanol–water partition coefficient (Wildman–Crippen LogP) is 3.51. The third-order valence-corrected chi connectivity index (χ3v) is 3.98. The van der Waals surface area contributed by atoms with Gasteiger partial charge < -0.3 is 5.32 Å². The topological polar surface area (TPSA) is 29.1 Å². The molecule has 1 fully saturated rings. The van der Waals surface area contributed by atoms with Crippen LogP contribution < -0.4 is 5.32 Å². The van der Waals surface area contributed by atoms with Crippen molar-refractivity contribution in [2.24, 2.45) is 11.8 Å². The number of unbranched alkanes of at least 4 members (excludes halogenated alkanes) is 1. The van der Waals surface area contributed by atoms with Gasteiger partial charge in [-0.15, -0.1) is 6.42 Å². The van der Waals surface area contributed by atoms with Crippen LogP contribution in [0.2, 0.25) is 0 Å². The summed E-state index contributed by atoms with van der Waals surface area (Å²) >= 11 is 0. The Morgan fingerprint density at radius 1 is 1.33 bits per heavy atom. The maximum Gasteiger partial charge on any atom is 0.224 e. The number of carbonyl (C=O) groups is 1. The standard InChI is InChI=1S/C16H27NO/c1-5-7-8-13-9-11-14(12-10-13)15(18)17-16(3,4)6-2/h2,13-14H,5,7-12H2,1,3-4H3,(H,17,18). The Labute approximate surface area is 112 Å². The Morgan fingerprint density at radius 2 is 1.94 bits per heavy atom. The molecular formula is C16H27NO. The second kappa shape index (κ2) is 6.83. The Bertz CT molecular complexity index is 306. The Hall–Kier alpha value is -0.970. The summed E-state index contributed by atoms with van der Waals surface area (Å²) in [6.07, 6.45) is 13.8. The lowest BCUT2D eigenvalue weighted by molar-refractivity contribution is -0.127. The molecule has 0 atom stereocenters. The fourth-order valence-corrected chi connectivity index (χ4v) is 2.65. The van der Waals surface area contributed by atoms with Crippen LogP contribution in [0.1, 0.15) is 65.7 Å². The maximum atomic E-state index is 12.1. The highest BCUT2D eigenvalue weighted by Crippen LogP contribution is 2.32. The highest BCUT2D eigenvalue weighted by atomic mass is 16.2. The normalized spacial score (nSPS) is 24.3. The number of hydrogen-bond donors (Lipinski definition) is 1. The quantitative estimate of drug-likeness (QED) is 0.742. The number of rotatable bonds is 5. The number of terminal acetylenes is 1. The molecule has 0 heterocycles. The van der Waals surface area contributed by atoms with Crippen molar-refractivity contribution in [3.63, 3.8) is 0 Å². The van der Waals surface area contributed by atoms with Gasteiger partial charge in [0.15, 0.2) is 0 Å². The van der Waals surface area contributed by atoms with Crippen molar-refractivity contribution < 1.29 is 4.79 Å². The molecule has 0 unspecified atom stereocenters. The first-order chi connectivity index (χ1) is 8.48. The molecule has 0 radical (unpaired) electrons. The molecule has 0 aliphatic heterocycles. The van der Waals surface area contributed by atoms with Crippen LogP contribution in [0.5, 0.6) is 0 Å². The van der Waals surface area contributed by atoms with Gasteiger partial charge in [-0.3, -0.25) is 4.79 Å². The third kappa shape index (κ3) is 4.72. The monoisotopic (exact) mass is 249 g/mol. The summed E-state index contributed by atoms with van der Waals surface area (Å²) in [6, 6.07) is 0. The van der Waals surface area contributed by atoms with E-state index in [1.54, 1.807) is 0 Å². The van der Waals surface area contributed by atoms with E-state index in [-0.39, 0.29) is 11.8 Å². The first-order valence-electron chi connectivity index (χ1n) is 7.28. The van der Waals surface area contributed by atoms with Gasteiger partial charge in [-0.1, -0.05) is 32.1 Å². The van der Waals surface area contributed by atoms with E-state index in [0.717, 1.165) is 18.8 Å². The van der Waals surface area contributed by atoms with E-state index in [0.29, 0.717) is 0 Å². The van der Waals surface area contributed by atoms with E-state index >= 15 is 0 Å². The second-order valence-corrected chi connectivity index (χ2v) is 6.12. The van der Waals surface area contributed by atoms with Crippen molar-refractivity contribution in [3.8, 4) is 12.3 Å². The summed E-state index contributed by atoms with van der Waals surface area (Å²) in [5, 5.41) is 2.96. The zero-order valence-corrected chi connectivity index (χ0v) is 12.1. The molecule has 0 aromatic carbocycles. The highest BCUT2D eigenvalue weighted by Gasteiger charge is 2.28. The fraction of sp³-hybridized carbons (Fsp3) is 0.812. The number of nitrogens with one attached hydrogen (secondary N) is 1. The smallest absolute Gasteiger partial charge is 0.224 e.